The van der Waals surface area contributed by atoms with Gasteiger partial charge in [0.2, 0.25) is 0 Å². The van der Waals surface area contributed by atoms with Crippen LogP contribution >= 0.6 is 0 Å². The monoisotopic (exact) mass is 370 g/mol. The number of anilines is 1. The van der Waals surface area contributed by atoms with Crippen molar-refractivity contribution < 1.29 is 0 Å². The zero-order valence-electron chi connectivity index (χ0n) is 17.7. The Bertz CT molecular complexity index is 743. The Hall–Kier alpha value is -1.95. The summed E-state index contributed by atoms with van der Waals surface area (Å²) in [6, 6.07) is 7.18. The summed E-state index contributed by atoms with van der Waals surface area (Å²) in [5, 5.41) is 12.6. The highest BCUT2D eigenvalue weighted by Crippen LogP contribution is 2.30. The van der Waals surface area contributed by atoms with Crippen molar-refractivity contribution in [1.29, 1.82) is 0 Å². The number of nitrogens with zero attached hydrogens (tertiary/aromatic N) is 6. The van der Waals surface area contributed by atoms with Crippen LogP contribution in [-0.2, 0) is 0 Å². The number of tetrazole rings is 1. The van der Waals surface area contributed by atoms with Crippen LogP contribution in [0, 0.1) is 19.8 Å². The lowest BCUT2D eigenvalue weighted by atomic mass is 10.00. The van der Waals surface area contributed by atoms with Crippen LogP contribution in [-0.4, -0.2) is 51.3 Å². The number of aromatic nitrogens is 4. The second-order valence-corrected chi connectivity index (χ2v) is 8.46. The van der Waals surface area contributed by atoms with Crippen molar-refractivity contribution in [3.63, 3.8) is 0 Å². The summed E-state index contributed by atoms with van der Waals surface area (Å²) in [5.74, 6) is 1.61. The molecule has 1 aromatic carbocycles. The van der Waals surface area contributed by atoms with Gasteiger partial charge in [0.25, 0.3) is 0 Å². The molecular formula is C21H34N6. The molecule has 1 aliphatic heterocycles. The summed E-state index contributed by atoms with van der Waals surface area (Å²) in [6.45, 7) is 17.4. The van der Waals surface area contributed by atoms with E-state index in [0.717, 1.165) is 38.4 Å². The van der Waals surface area contributed by atoms with Crippen molar-refractivity contribution in [2.24, 2.45) is 5.92 Å². The van der Waals surface area contributed by atoms with Crippen molar-refractivity contribution >= 4 is 5.69 Å². The first-order chi connectivity index (χ1) is 12.9. The maximum absolute atomic E-state index is 4.42. The van der Waals surface area contributed by atoms with Crippen LogP contribution < -0.4 is 4.90 Å². The lowest BCUT2D eigenvalue weighted by Crippen LogP contribution is -2.48. The van der Waals surface area contributed by atoms with Gasteiger partial charge in [-0.2, -0.15) is 0 Å². The normalized spacial score (nSPS) is 17.1. The number of rotatable bonds is 6. The molecule has 0 spiro atoms. The molecule has 0 saturated carbocycles. The van der Waals surface area contributed by atoms with Crippen molar-refractivity contribution in [3.8, 4) is 0 Å². The molecule has 6 nitrogen and oxygen atoms in total. The van der Waals surface area contributed by atoms with E-state index in [4.69, 9.17) is 0 Å². The molecule has 0 unspecified atom stereocenters. The molecule has 3 rings (SSSR count). The third-order valence-corrected chi connectivity index (χ3v) is 5.67. The van der Waals surface area contributed by atoms with Gasteiger partial charge in [-0.3, -0.25) is 4.90 Å². The van der Waals surface area contributed by atoms with Crippen LogP contribution in [0.1, 0.15) is 63.2 Å². The largest absolute Gasteiger partial charge is 0.369 e. The second-order valence-electron chi connectivity index (χ2n) is 8.46. The summed E-state index contributed by atoms with van der Waals surface area (Å²) in [4.78, 5) is 5.10. The van der Waals surface area contributed by atoms with Gasteiger partial charge >= 0.3 is 0 Å². The molecule has 1 fully saturated rings. The number of hydrogen-bond donors (Lipinski definition) is 0. The Morgan fingerprint density at radius 3 is 2.33 bits per heavy atom. The zero-order valence-corrected chi connectivity index (χ0v) is 17.7. The minimum absolute atomic E-state index is 0.279. The third-order valence-electron chi connectivity index (χ3n) is 5.67. The van der Waals surface area contributed by atoms with Crippen LogP contribution in [0.5, 0.6) is 0 Å². The lowest BCUT2D eigenvalue weighted by molar-refractivity contribution is 0.151. The zero-order chi connectivity index (χ0) is 19.6. The van der Waals surface area contributed by atoms with Gasteiger partial charge in [0.15, 0.2) is 5.82 Å². The Morgan fingerprint density at radius 2 is 1.70 bits per heavy atom. The molecule has 0 aliphatic carbocycles. The molecule has 2 aromatic rings. The van der Waals surface area contributed by atoms with E-state index in [1.165, 1.54) is 16.8 Å². The van der Waals surface area contributed by atoms with Gasteiger partial charge in [-0.05, 0) is 67.7 Å². The summed E-state index contributed by atoms with van der Waals surface area (Å²) in [6.07, 6.45) is 1.08. The van der Waals surface area contributed by atoms with E-state index < -0.39 is 0 Å². The van der Waals surface area contributed by atoms with E-state index in [1.54, 1.807) is 0 Å². The molecule has 148 valence electrons. The fourth-order valence-corrected chi connectivity index (χ4v) is 4.00. The van der Waals surface area contributed by atoms with E-state index in [1.807, 2.05) is 4.68 Å². The predicted molar refractivity (Wildman–Crippen MR) is 110 cm³/mol. The van der Waals surface area contributed by atoms with Gasteiger partial charge < -0.3 is 4.90 Å². The van der Waals surface area contributed by atoms with Crippen molar-refractivity contribution in [2.45, 2.75) is 60.0 Å². The van der Waals surface area contributed by atoms with Crippen molar-refractivity contribution in [3.05, 3.63) is 35.2 Å². The fraction of sp³-hybridized carbons (Fsp3) is 0.667. The molecule has 0 amide bonds. The summed E-state index contributed by atoms with van der Waals surface area (Å²) in [5.41, 5.74) is 4.14. The molecule has 1 aliphatic rings. The topological polar surface area (TPSA) is 50.1 Å². The van der Waals surface area contributed by atoms with E-state index >= 15 is 0 Å². The lowest BCUT2D eigenvalue weighted by Gasteiger charge is -2.41. The molecule has 1 saturated heterocycles. The average Bonchev–Trinajstić information content (AvgIpc) is 3.12. The Kier molecular flexibility index (Phi) is 6.15. The van der Waals surface area contributed by atoms with Gasteiger partial charge in [-0.1, -0.05) is 26.0 Å². The molecular weight excluding hydrogens is 336 g/mol. The highest BCUT2D eigenvalue weighted by Gasteiger charge is 2.30. The summed E-state index contributed by atoms with van der Waals surface area (Å²) in [7, 11) is 0. The van der Waals surface area contributed by atoms with Gasteiger partial charge in [-0.25, -0.2) is 4.68 Å². The first-order valence-corrected chi connectivity index (χ1v) is 10.2. The van der Waals surface area contributed by atoms with Gasteiger partial charge in [0.05, 0.1) is 12.1 Å². The standard InChI is InChI=1S/C21H34N6/c1-15(2)14-20(21-22-23-24-27(21)16(3)4)26-12-10-25(11-13-26)19-9-7-8-17(5)18(19)6/h7-9,15-16,20H,10-14H2,1-6H3/t20-/m0/s1. The predicted octanol–water partition coefficient (Wildman–Crippen LogP) is 3.78. The van der Waals surface area contributed by atoms with Crippen molar-refractivity contribution in [1.82, 2.24) is 25.1 Å². The average molecular weight is 371 g/mol. The van der Waals surface area contributed by atoms with Crippen LogP contribution in [0.2, 0.25) is 0 Å². The molecule has 1 atom stereocenters. The first-order valence-electron chi connectivity index (χ1n) is 10.2. The molecule has 27 heavy (non-hydrogen) atoms. The van der Waals surface area contributed by atoms with E-state index in [0.29, 0.717) is 5.92 Å². The molecule has 6 heteroatoms. The van der Waals surface area contributed by atoms with E-state index in [9.17, 15) is 0 Å². The quantitative estimate of drug-likeness (QED) is 0.774. The van der Waals surface area contributed by atoms with Gasteiger partial charge in [-0.15, -0.1) is 5.10 Å². The highest BCUT2D eigenvalue weighted by molar-refractivity contribution is 5.56. The van der Waals surface area contributed by atoms with Crippen LogP contribution in [0.4, 0.5) is 5.69 Å². The second kappa shape index (κ2) is 8.38. The summed E-state index contributed by atoms with van der Waals surface area (Å²) >= 11 is 0. The maximum Gasteiger partial charge on any atom is 0.168 e. The van der Waals surface area contributed by atoms with Crippen LogP contribution in [0.3, 0.4) is 0 Å². The Balaban J connectivity index is 1.76. The van der Waals surface area contributed by atoms with Crippen LogP contribution in [0.15, 0.2) is 18.2 Å². The van der Waals surface area contributed by atoms with Crippen molar-refractivity contribution in [2.75, 3.05) is 31.1 Å². The minimum Gasteiger partial charge on any atom is -0.369 e. The van der Waals surface area contributed by atoms with E-state index in [-0.39, 0.29) is 12.1 Å². The molecule has 0 N–H and O–H groups in total. The number of piperazine rings is 1. The molecule has 0 radical (unpaired) electrons. The molecule has 0 bridgehead atoms. The third kappa shape index (κ3) is 4.32. The van der Waals surface area contributed by atoms with Gasteiger partial charge in [0, 0.05) is 31.9 Å². The highest BCUT2D eigenvalue weighted by atomic mass is 15.6. The molecule has 2 heterocycles. The summed E-state index contributed by atoms with van der Waals surface area (Å²) < 4.78 is 1.99. The Morgan fingerprint density at radius 1 is 1.00 bits per heavy atom. The maximum atomic E-state index is 4.42. The first kappa shape index (κ1) is 19.8. The van der Waals surface area contributed by atoms with Crippen LogP contribution in [0.25, 0.3) is 0 Å². The SMILES string of the molecule is Cc1cccc(N2CCN([C@@H](CC(C)C)c3nnnn3C(C)C)CC2)c1C. The Labute approximate surface area is 163 Å². The van der Waals surface area contributed by atoms with Gasteiger partial charge in [0.1, 0.15) is 0 Å². The minimum atomic E-state index is 0.279. The fourth-order valence-electron chi connectivity index (χ4n) is 4.00. The smallest absolute Gasteiger partial charge is 0.168 e. The van der Waals surface area contributed by atoms with E-state index in [2.05, 4.69) is 85.1 Å². The number of hydrogen-bond acceptors (Lipinski definition) is 5. The number of aryl methyl sites for hydroxylation is 1. The number of benzene rings is 1. The molecule has 1 aromatic heterocycles.